The Morgan fingerprint density at radius 3 is 1.63 bits per heavy atom. The molecule has 2 heterocycles. The maximum Gasteiger partial charge on any atom is 0.373 e. The molecule has 4 aromatic rings. The summed E-state index contributed by atoms with van der Waals surface area (Å²) in [4.78, 5) is 63.2. The second kappa shape index (κ2) is 26.8. The van der Waals surface area contributed by atoms with Crippen molar-refractivity contribution < 1.29 is 67.8 Å². The summed E-state index contributed by atoms with van der Waals surface area (Å²) in [5.74, 6) is -6.82. The van der Waals surface area contributed by atoms with Gasteiger partial charge in [0.05, 0.1) is 17.6 Å². The standard InChI is InChI=1S/C29H27N3O14.5K/c1-15-2-3-17(31(11-24(33)34)12-25(35)36)20(6-15)43-4-5-44-21-9-19-16(7-18(21)32(13-26(37)38)14-27(39)40)8-22(45-19)28-30-10-23(46-28)29(41)42;;;;;/h2-3,6-10H,4-5,11-14H2,1H3,(H,33,34)(H,35,36)(H,37,38)(H,39,40)(H,41,42);;;;;. The summed E-state index contributed by atoms with van der Waals surface area (Å²) >= 11 is 0. The van der Waals surface area contributed by atoms with Crippen LogP contribution in [0.3, 0.4) is 0 Å². The number of nitrogens with zero attached hydrogens (tertiary/aromatic N) is 3. The molecule has 0 spiro atoms. The molecule has 0 amide bonds. The Balaban J connectivity index is 0. The summed E-state index contributed by atoms with van der Waals surface area (Å²) in [5, 5.41) is 46.9. The number of carboxylic acid groups (broad SMARTS) is 5. The number of aliphatic carboxylic acids is 4. The average molecular weight is 837 g/mol. The van der Waals surface area contributed by atoms with Gasteiger partial charge in [-0.05, 0) is 36.8 Å². The SMILES string of the molecule is Cc1ccc(N(CC(=O)O)CC(=O)O)c(OCCOc2cc3oc(-c4ncc(C(=O)O)o4)cc3cc2N(CC(=O)O)CC(=O)O)c1.[K].[K].[K].[K].[K]. The number of aromatic carboxylic acids is 1. The number of anilines is 2. The van der Waals surface area contributed by atoms with Crippen LogP contribution in [0.1, 0.15) is 16.1 Å². The molecule has 247 valence electrons. The zero-order valence-electron chi connectivity index (χ0n) is 29.0. The number of aryl methyl sites for hydroxylation is 1. The van der Waals surface area contributed by atoms with Crippen LogP contribution in [0.4, 0.5) is 11.4 Å². The third-order valence-electron chi connectivity index (χ3n) is 6.22. The first-order valence-corrected chi connectivity index (χ1v) is 13.3. The number of ether oxygens (including phenoxy) is 2. The Morgan fingerprint density at radius 2 is 1.16 bits per heavy atom. The predicted octanol–water partition coefficient (Wildman–Crippen LogP) is 0.599. The van der Waals surface area contributed by atoms with Gasteiger partial charge in [-0.2, -0.15) is 0 Å². The zero-order chi connectivity index (χ0) is 33.5. The van der Waals surface area contributed by atoms with Crippen molar-refractivity contribution in [3.8, 4) is 23.1 Å². The zero-order valence-corrected chi connectivity index (χ0v) is 44.7. The van der Waals surface area contributed by atoms with E-state index in [-0.39, 0.29) is 310 Å². The number of hydrogen-bond acceptors (Lipinski definition) is 12. The molecule has 51 heavy (non-hydrogen) atoms. The number of benzene rings is 2. The fourth-order valence-electron chi connectivity index (χ4n) is 4.42. The Labute approximate surface area is 503 Å². The number of rotatable bonds is 17. The molecule has 0 saturated carbocycles. The minimum absolute atomic E-state index is 0. The number of carboxylic acids is 5. The number of aromatic nitrogens is 1. The van der Waals surface area contributed by atoms with Crippen molar-refractivity contribution in [3.63, 3.8) is 0 Å². The maximum atomic E-state index is 11.6. The van der Waals surface area contributed by atoms with Crippen molar-refractivity contribution in [2.24, 2.45) is 0 Å². The van der Waals surface area contributed by atoms with Crippen LogP contribution in [0, 0.1) is 6.92 Å². The Morgan fingerprint density at radius 1 is 0.667 bits per heavy atom. The predicted molar refractivity (Wildman–Crippen MR) is 185 cm³/mol. The molecular formula is C29H27K5N3O14. The van der Waals surface area contributed by atoms with Gasteiger partial charge in [-0.3, -0.25) is 19.2 Å². The van der Waals surface area contributed by atoms with E-state index in [1.54, 1.807) is 19.1 Å². The molecule has 17 nitrogen and oxygen atoms in total. The summed E-state index contributed by atoms with van der Waals surface area (Å²) < 4.78 is 22.7. The minimum atomic E-state index is -1.35. The smallest absolute Gasteiger partial charge is 0.373 e. The van der Waals surface area contributed by atoms with Crippen molar-refractivity contribution in [3.05, 3.63) is 53.9 Å². The van der Waals surface area contributed by atoms with Crippen LogP contribution in [0.2, 0.25) is 0 Å². The number of carbonyl (C=O) groups is 5. The van der Waals surface area contributed by atoms with Gasteiger partial charge in [0, 0.05) is 268 Å². The minimum Gasteiger partial charge on any atom is -0.488 e. The second-order valence-corrected chi connectivity index (χ2v) is 9.76. The van der Waals surface area contributed by atoms with Crippen LogP contribution in [-0.2, 0) is 19.2 Å². The van der Waals surface area contributed by atoms with E-state index >= 15 is 0 Å². The van der Waals surface area contributed by atoms with Gasteiger partial charge < -0.3 is 53.6 Å². The van der Waals surface area contributed by atoms with E-state index in [0.717, 1.165) is 21.6 Å². The van der Waals surface area contributed by atoms with Crippen molar-refractivity contribution in [2.75, 3.05) is 49.2 Å². The first-order valence-electron chi connectivity index (χ1n) is 13.3. The topological polar surface area (TPSA) is 251 Å². The normalized spacial score (nSPS) is 9.75. The van der Waals surface area contributed by atoms with E-state index in [9.17, 15) is 44.4 Å². The largest absolute Gasteiger partial charge is 0.488 e. The van der Waals surface area contributed by atoms with Crippen LogP contribution < -0.4 is 19.3 Å². The van der Waals surface area contributed by atoms with Crippen molar-refractivity contribution >= 4 is 309 Å². The van der Waals surface area contributed by atoms with Gasteiger partial charge in [0.2, 0.25) is 5.76 Å². The molecule has 5 radical (unpaired) electrons. The van der Waals surface area contributed by atoms with Gasteiger partial charge in [0.15, 0.2) is 5.76 Å². The van der Waals surface area contributed by atoms with E-state index in [2.05, 4.69) is 4.98 Å². The maximum absolute atomic E-state index is 11.6. The molecule has 0 aliphatic heterocycles. The van der Waals surface area contributed by atoms with Crippen LogP contribution >= 0.6 is 0 Å². The van der Waals surface area contributed by atoms with Gasteiger partial charge in [0.1, 0.15) is 56.5 Å². The van der Waals surface area contributed by atoms with Gasteiger partial charge in [0.25, 0.3) is 5.89 Å². The molecule has 0 aliphatic rings. The van der Waals surface area contributed by atoms with E-state index in [1.807, 2.05) is 0 Å². The Hall–Kier alpha value is 1.92. The number of fused-ring (bicyclic) bond motifs is 1. The van der Waals surface area contributed by atoms with Gasteiger partial charge in [-0.25, -0.2) is 9.78 Å². The first-order chi connectivity index (χ1) is 21.8. The van der Waals surface area contributed by atoms with Gasteiger partial charge in [-0.15, -0.1) is 0 Å². The van der Waals surface area contributed by atoms with Crippen LogP contribution in [-0.4, -0.2) is 357 Å². The molecule has 0 unspecified atom stereocenters. The molecule has 0 fully saturated rings. The molecule has 5 N–H and O–H groups in total. The monoisotopic (exact) mass is 836 g/mol. The third-order valence-corrected chi connectivity index (χ3v) is 6.22. The second-order valence-electron chi connectivity index (χ2n) is 9.76. The molecule has 0 atom stereocenters. The molecule has 0 saturated heterocycles. The summed E-state index contributed by atoms with van der Waals surface area (Å²) in [6, 6.07) is 9.04. The summed E-state index contributed by atoms with van der Waals surface area (Å²) in [5.41, 5.74) is 1.22. The van der Waals surface area contributed by atoms with Crippen molar-refractivity contribution in [1.82, 2.24) is 4.98 Å². The van der Waals surface area contributed by atoms with Crippen molar-refractivity contribution in [2.45, 2.75) is 6.92 Å². The summed E-state index contributed by atoms with van der Waals surface area (Å²) in [6.45, 7) is -1.20. The first kappa shape index (κ1) is 55.0. The Kier molecular flexibility index (Phi) is 28.9. The van der Waals surface area contributed by atoms with E-state index < -0.39 is 61.8 Å². The number of furan rings is 1. The fraction of sp³-hybridized carbons (Fsp3) is 0.241. The molecule has 0 aliphatic carbocycles. The van der Waals surface area contributed by atoms with E-state index in [1.165, 1.54) is 24.3 Å². The van der Waals surface area contributed by atoms with E-state index in [0.29, 0.717) is 5.39 Å². The Bertz CT molecular complexity index is 1780. The van der Waals surface area contributed by atoms with Gasteiger partial charge in [-0.1, -0.05) is 6.07 Å². The third kappa shape index (κ3) is 17.1. The summed E-state index contributed by atoms with van der Waals surface area (Å²) in [6.07, 6.45) is 0.995. The molecule has 4 rings (SSSR count). The summed E-state index contributed by atoms with van der Waals surface area (Å²) in [7, 11) is 0. The molecule has 2 aromatic carbocycles. The molecule has 2 aromatic heterocycles. The van der Waals surface area contributed by atoms with Crippen LogP contribution in [0.15, 0.2) is 51.4 Å². The number of oxazole rings is 1. The average Bonchev–Trinajstić information content (AvgIpc) is 3.61. The van der Waals surface area contributed by atoms with Gasteiger partial charge >= 0.3 is 29.8 Å². The molecular weight excluding hydrogens is 810 g/mol. The number of hydrogen-bond donors (Lipinski definition) is 5. The van der Waals surface area contributed by atoms with Crippen molar-refractivity contribution in [1.29, 1.82) is 0 Å². The molecule has 22 heteroatoms. The molecule has 0 bridgehead atoms. The quantitative estimate of drug-likeness (QED) is 0.0721. The van der Waals surface area contributed by atoms with Crippen LogP contribution in [0.5, 0.6) is 11.5 Å². The van der Waals surface area contributed by atoms with Crippen LogP contribution in [0.25, 0.3) is 22.6 Å². The fourth-order valence-corrected chi connectivity index (χ4v) is 4.42. The van der Waals surface area contributed by atoms with E-state index in [4.69, 9.17) is 23.4 Å².